The standard InChI is InChI=1S/C50H84N2O6.2BrH/c1-6-9-11-13-15-17-19-21-23-25-27-29-31-33-38-57-49(54)46-42(4)51-43(5)47(48(46)44-36-35-37-52(40-44)41-45(53)56-8-3)50(55)58-39-34-32-30-28-26-24-22-20-18-16-14-12-10-7-2;;/h35-37,40,48H,6-34,38-39,41H2,1-5H3;2*1H. The number of ether oxygens (including phenoxy) is 3. The molecule has 60 heavy (non-hydrogen) atoms. The molecule has 8 nitrogen and oxygen atoms in total. The van der Waals surface area contributed by atoms with Crippen molar-refractivity contribution in [2.24, 2.45) is 0 Å². The van der Waals surface area contributed by atoms with E-state index in [2.05, 4.69) is 19.2 Å². The van der Waals surface area contributed by atoms with E-state index in [1.165, 1.54) is 141 Å². The van der Waals surface area contributed by atoms with Crippen LogP contribution in [0.4, 0.5) is 0 Å². The van der Waals surface area contributed by atoms with Gasteiger partial charge in [-0.05, 0) is 39.7 Å². The number of nitrogens with one attached hydrogen (secondary N) is 1. The summed E-state index contributed by atoms with van der Waals surface area (Å²) < 4.78 is 18.7. The molecule has 1 aromatic heterocycles. The summed E-state index contributed by atoms with van der Waals surface area (Å²) in [6.45, 7) is 11.0. The molecule has 0 aliphatic carbocycles. The first kappa shape index (κ1) is 57.8. The van der Waals surface area contributed by atoms with E-state index in [4.69, 9.17) is 14.2 Å². The number of unbranched alkanes of at least 4 members (excludes halogenated alkanes) is 26. The van der Waals surface area contributed by atoms with E-state index in [1.54, 1.807) is 17.7 Å². The molecule has 2 heterocycles. The van der Waals surface area contributed by atoms with Gasteiger partial charge in [0.25, 0.3) is 0 Å². The fraction of sp³-hybridized carbons (Fsp3) is 0.760. The number of pyridine rings is 1. The molecule has 0 unspecified atom stereocenters. The molecule has 1 N–H and O–H groups in total. The summed E-state index contributed by atoms with van der Waals surface area (Å²) in [5.41, 5.74) is 2.80. The number of dihydropyridines is 1. The van der Waals surface area contributed by atoms with Gasteiger partial charge in [0.2, 0.25) is 6.54 Å². The Morgan fingerprint density at radius 1 is 0.550 bits per heavy atom. The van der Waals surface area contributed by atoms with Gasteiger partial charge < -0.3 is 36.5 Å². The number of carbonyl (C=O) groups is 3. The predicted octanol–water partition coefficient (Wildman–Crippen LogP) is 10.4. The molecule has 0 fully saturated rings. The minimum absolute atomic E-state index is 0. The number of hydrogen-bond donors (Lipinski definition) is 1. The monoisotopic (exact) mass is 968 g/mol. The number of esters is 3. The fourth-order valence-electron chi connectivity index (χ4n) is 8.11. The third-order valence-electron chi connectivity index (χ3n) is 11.5. The van der Waals surface area contributed by atoms with Gasteiger partial charge in [-0.25, -0.2) is 14.4 Å². The highest BCUT2D eigenvalue weighted by Crippen LogP contribution is 2.39. The Kier molecular flexibility index (Phi) is 37.1. The SMILES string of the molecule is Br.CCCCCCCCCCCCCCCCOC(=O)C1=C(C)NC(C)=C(C(=O)OCCCCCCCCCCCCCCCC)C1c1ccc[n+](CC(=O)OCC)c1.[Br-]. The highest BCUT2D eigenvalue weighted by atomic mass is 79.9. The van der Waals surface area contributed by atoms with E-state index in [-0.39, 0.29) is 46.5 Å². The topological polar surface area (TPSA) is 94.8 Å². The van der Waals surface area contributed by atoms with Crippen molar-refractivity contribution in [3.8, 4) is 0 Å². The van der Waals surface area contributed by atoms with Gasteiger partial charge in [0.15, 0.2) is 12.4 Å². The minimum atomic E-state index is -0.705. The highest BCUT2D eigenvalue weighted by molar-refractivity contribution is 8.93. The summed E-state index contributed by atoms with van der Waals surface area (Å²) in [4.78, 5) is 40.1. The number of halogens is 2. The number of rotatable bonds is 36. The van der Waals surface area contributed by atoms with Crippen molar-refractivity contribution in [2.45, 2.75) is 227 Å². The van der Waals surface area contributed by atoms with Crippen LogP contribution in [0.3, 0.4) is 0 Å². The molecule has 0 bridgehead atoms. The summed E-state index contributed by atoms with van der Waals surface area (Å²) >= 11 is 0. The van der Waals surface area contributed by atoms with Gasteiger partial charge in [-0.3, -0.25) is 0 Å². The third-order valence-corrected chi connectivity index (χ3v) is 11.5. The molecular weight excluding hydrogens is 884 g/mol. The lowest BCUT2D eigenvalue weighted by Gasteiger charge is -2.30. The number of aromatic nitrogens is 1. The third kappa shape index (κ3) is 25.7. The molecule has 0 atom stereocenters. The average molecular weight is 971 g/mol. The molecule has 0 saturated carbocycles. The van der Waals surface area contributed by atoms with E-state index in [0.717, 1.165) is 38.5 Å². The first-order valence-corrected chi connectivity index (χ1v) is 24.0. The summed E-state index contributed by atoms with van der Waals surface area (Å²) in [5.74, 6) is -1.93. The van der Waals surface area contributed by atoms with Crippen LogP contribution in [0, 0.1) is 0 Å². The van der Waals surface area contributed by atoms with Crippen LogP contribution in [-0.2, 0) is 35.1 Å². The van der Waals surface area contributed by atoms with E-state index in [1.807, 2.05) is 32.2 Å². The van der Waals surface area contributed by atoms with Crippen molar-refractivity contribution < 1.29 is 50.1 Å². The molecule has 346 valence electrons. The van der Waals surface area contributed by atoms with E-state index in [9.17, 15) is 14.4 Å². The van der Waals surface area contributed by atoms with Gasteiger partial charge in [-0.15, -0.1) is 17.0 Å². The number of carbonyl (C=O) groups excluding carboxylic acids is 3. The summed E-state index contributed by atoms with van der Waals surface area (Å²) in [7, 11) is 0. The zero-order valence-electron chi connectivity index (χ0n) is 38.7. The van der Waals surface area contributed by atoms with E-state index >= 15 is 0 Å². The molecule has 10 heteroatoms. The van der Waals surface area contributed by atoms with Crippen molar-refractivity contribution in [2.75, 3.05) is 19.8 Å². The zero-order chi connectivity index (χ0) is 42.1. The second-order valence-electron chi connectivity index (χ2n) is 16.7. The van der Waals surface area contributed by atoms with Crippen LogP contribution in [0.5, 0.6) is 0 Å². The van der Waals surface area contributed by atoms with Crippen LogP contribution >= 0.6 is 17.0 Å². The normalized spacial score (nSPS) is 12.8. The maximum absolute atomic E-state index is 13.9. The number of allylic oxidation sites excluding steroid dienone is 2. The molecule has 0 radical (unpaired) electrons. The molecule has 1 aliphatic heterocycles. The molecule has 0 saturated heterocycles. The smallest absolute Gasteiger partial charge is 0.372 e. The van der Waals surface area contributed by atoms with Crippen molar-refractivity contribution in [3.63, 3.8) is 0 Å². The van der Waals surface area contributed by atoms with Crippen molar-refractivity contribution >= 4 is 34.9 Å². The van der Waals surface area contributed by atoms with Gasteiger partial charge in [-0.1, -0.05) is 181 Å². The molecule has 2 rings (SSSR count). The minimum Gasteiger partial charge on any atom is -1.00 e. The van der Waals surface area contributed by atoms with E-state index in [0.29, 0.717) is 47.9 Å². The number of hydrogen-bond acceptors (Lipinski definition) is 7. The maximum Gasteiger partial charge on any atom is 0.372 e. The fourth-order valence-corrected chi connectivity index (χ4v) is 8.11. The van der Waals surface area contributed by atoms with Crippen LogP contribution in [0.15, 0.2) is 47.1 Å². The second-order valence-corrected chi connectivity index (χ2v) is 16.7. The largest absolute Gasteiger partial charge is 1.00 e. The Morgan fingerprint density at radius 2 is 0.900 bits per heavy atom. The van der Waals surface area contributed by atoms with E-state index < -0.39 is 17.9 Å². The van der Waals surface area contributed by atoms with Crippen LogP contribution in [0.2, 0.25) is 0 Å². The zero-order valence-corrected chi connectivity index (χ0v) is 42.0. The average Bonchev–Trinajstić information content (AvgIpc) is 3.20. The summed E-state index contributed by atoms with van der Waals surface area (Å²) in [6.07, 6.45) is 38.9. The molecule has 1 aliphatic rings. The Labute approximate surface area is 387 Å². The van der Waals surface area contributed by atoms with Crippen LogP contribution in [-0.4, -0.2) is 37.7 Å². The first-order chi connectivity index (χ1) is 28.3. The van der Waals surface area contributed by atoms with Crippen molar-refractivity contribution in [1.82, 2.24) is 5.32 Å². The Hall–Kier alpha value is -2.20. The lowest BCUT2D eigenvalue weighted by molar-refractivity contribution is -0.686. The lowest BCUT2D eigenvalue weighted by Crippen LogP contribution is -3.00. The van der Waals surface area contributed by atoms with Crippen LogP contribution < -0.4 is 26.9 Å². The Morgan fingerprint density at radius 3 is 1.25 bits per heavy atom. The Bertz CT molecular complexity index is 1280. The Balaban J connectivity index is 0.0000174. The van der Waals surface area contributed by atoms with Gasteiger partial charge in [0.05, 0.1) is 36.9 Å². The van der Waals surface area contributed by atoms with Crippen molar-refractivity contribution in [1.29, 1.82) is 0 Å². The predicted molar refractivity (Wildman–Crippen MR) is 247 cm³/mol. The first-order valence-electron chi connectivity index (χ1n) is 24.0. The molecule has 0 aromatic carbocycles. The molecular formula is C50H86Br2N2O6. The summed E-state index contributed by atoms with van der Waals surface area (Å²) in [6, 6.07) is 3.72. The van der Waals surface area contributed by atoms with Crippen molar-refractivity contribution in [3.05, 3.63) is 52.6 Å². The second kappa shape index (κ2) is 38.5. The highest BCUT2D eigenvalue weighted by Gasteiger charge is 2.39. The summed E-state index contributed by atoms with van der Waals surface area (Å²) in [5, 5.41) is 3.29. The van der Waals surface area contributed by atoms with Crippen LogP contribution in [0.1, 0.15) is 226 Å². The van der Waals surface area contributed by atoms with Crippen LogP contribution in [0.25, 0.3) is 0 Å². The molecule has 0 spiro atoms. The maximum atomic E-state index is 13.9. The van der Waals surface area contributed by atoms with Gasteiger partial charge >= 0.3 is 17.9 Å². The van der Waals surface area contributed by atoms with Gasteiger partial charge in [0.1, 0.15) is 0 Å². The quantitative estimate of drug-likeness (QED) is 0.0310. The molecule has 0 amide bonds. The van der Waals surface area contributed by atoms with Gasteiger partial charge in [0, 0.05) is 23.0 Å². The lowest BCUT2D eigenvalue weighted by atomic mass is 9.81. The number of nitrogens with zero attached hydrogens (tertiary/aromatic N) is 1. The molecule has 1 aromatic rings. The van der Waals surface area contributed by atoms with Gasteiger partial charge in [-0.2, -0.15) is 4.57 Å².